The van der Waals surface area contributed by atoms with Gasteiger partial charge in [-0.1, -0.05) is 24.3 Å². The summed E-state index contributed by atoms with van der Waals surface area (Å²) in [5.41, 5.74) is 5.54. The molecule has 1 saturated heterocycles. The van der Waals surface area contributed by atoms with Crippen molar-refractivity contribution in [2.45, 2.75) is 32.2 Å². The fourth-order valence-electron chi connectivity index (χ4n) is 4.32. The highest BCUT2D eigenvalue weighted by Gasteiger charge is 2.21. The van der Waals surface area contributed by atoms with E-state index >= 15 is 0 Å². The molecule has 0 saturated carbocycles. The monoisotopic (exact) mass is 446 g/mol. The van der Waals surface area contributed by atoms with Gasteiger partial charge in [-0.15, -0.1) is 11.3 Å². The van der Waals surface area contributed by atoms with E-state index in [9.17, 15) is 4.79 Å². The summed E-state index contributed by atoms with van der Waals surface area (Å²) < 4.78 is 6.46. The van der Waals surface area contributed by atoms with Gasteiger partial charge in [-0.2, -0.15) is 0 Å². The molecule has 1 aromatic carbocycles. The number of nitrogens with one attached hydrogen (secondary N) is 1. The maximum atomic E-state index is 13.0. The number of likely N-dealkylation sites (N-methyl/N-ethyl adjacent to an activating group) is 1. The third kappa shape index (κ3) is 4.45. The summed E-state index contributed by atoms with van der Waals surface area (Å²) in [5, 5.41) is 5.22. The fourth-order valence-corrected chi connectivity index (χ4v) is 5.17. The van der Waals surface area contributed by atoms with Crippen LogP contribution in [0.15, 0.2) is 52.5 Å². The lowest BCUT2D eigenvalue weighted by Crippen LogP contribution is -2.46. The molecular formula is C25H26N4O2S. The molecule has 1 N–H and O–H groups in total. The number of fused-ring (bicyclic) bond motifs is 1. The van der Waals surface area contributed by atoms with E-state index in [2.05, 4.69) is 51.5 Å². The van der Waals surface area contributed by atoms with Gasteiger partial charge in [-0.25, -0.2) is 9.97 Å². The highest BCUT2D eigenvalue weighted by molar-refractivity contribution is 7.17. The molecule has 0 radical (unpaired) electrons. The maximum absolute atomic E-state index is 13.0. The number of aryl methyl sites for hydroxylation is 1. The first-order valence-corrected chi connectivity index (χ1v) is 11.8. The molecule has 32 heavy (non-hydrogen) atoms. The van der Waals surface area contributed by atoms with Crippen LogP contribution < -0.4 is 5.32 Å². The van der Waals surface area contributed by atoms with Gasteiger partial charge in [0.15, 0.2) is 5.89 Å². The summed E-state index contributed by atoms with van der Waals surface area (Å²) in [6, 6.07) is 12.5. The SMILES string of the molecule is Cc1nc(-c2ccc(Cc3cc(C(=O)NC4CCCN(C)C4)nc4ccsc34)cc2)co1. The van der Waals surface area contributed by atoms with Crippen LogP contribution in [0.25, 0.3) is 21.5 Å². The number of carbonyl (C=O) groups is 1. The minimum Gasteiger partial charge on any atom is -0.449 e. The molecule has 5 rings (SSSR count). The van der Waals surface area contributed by atoms with Gasteiger partial charge in [0.2, 0.25) is 0 Å². The van der Waals surface area contributed by atoms with E-state index in [1.165, 1.54) is 5.56 Å². The number of likely N-dealkylation sites (tertiary alicyclic amines) is 1. The lowest BCUT2D eigenvalue weighted by Gasteiger charge is -2.30. The molecule has 1 aliphatic heterocycles. The van der Waals surface area contributed by atoms with Crippen molar-refractivity contribution in [3.8, 4) is 11.3 Å². The van der Waals surface area contributed by atoms with Crippen molar-refractivity contribution in [2.24, 2.45) is 0 Å². The van der Waals surface area contributed by atoms with Crippen LogP contribution in [0.5, 0.6) is 0 Å². The molecule has 1 aliphatic rings. The van der Waals surface area contributed by atoms with E-state index < -0.39 is 0 Å². The van der Waals surface area contributed by atoms with Crippen LogP contribution in [0, 0.1) is 6.92 Å². The molecule has 4 aromatic rings. The molecule has 6 nitrogen and oxygen atoms in total. The van der Waals surface area contributed by atoms with Gasteiger partial charge in [0, 0.05) is 25.1 Å². The van der Waals surface area contributed by atoms with Crippen molar-refractivity contribution < 1.29 is 9.21 Å². The van der Waals surface area contributed by atoms with Gasteiger partial charge >= 0.3 is 0 Å². The molecule has 7 heteroatoms. The number of hydrogen-bond donors (Lipinski definition) is 1. The largest absolute Gasteiger partial charge is 0.449 e. The van der Waals surface area contributed by atoms with Crippen molar-refractivity contribution in [1.29, 1.82) is 0 Å². The second-order valence-corrected chi connectivity index (χ2v) is 9.42. The predicted molar refractivity (Wildman–Crippen MR) is 127 cm³/mol. The number of rotatable bonds is 5. The van der Waals surface area contributed by atoms with Gasteiger partial charge < -0.3 is 14.6 Å². The van der Waals surface area contributed by atoms with E-state index in [1.54, 1.807) is 17.6 Å². The van der Waals surface area contributed by atoms with Gasteiger partial charge in [0.05, 0.1) is 10.2 Å². The highest BCUT2D eigenvalue weighted by atomic mass is 32.1. The van der Waals surface area contributed by atoms with Crippen LogP contribution in [0.1, 0.15) is 40.3 Å². The molecule has 0 aliphatic carbocycles. The predicted octanol–water partition coefficient (Wildman–Crippen LogP) is 4.67. The molecule has 164 valence electrons. The Morgan fingerprint density at radius 3 is 2.84 bits per heavy atom. The summed E-state index contributed by atoms with van der Waals surface area (Å²) in [5.74, 6) is 0.572. The van der Waals surface area contributed by atoms with Crippen LogP contribution in [0.4, 0.5) is 0 Å². The smallest absolute Gasteiger partial charge is 0.270 e. The summed E-state index contributed by atoms with van der Waals surface area (Å²) in [4.78, 5) is 24.3. The summed E-state index contributed by atoms with van der Waals surface area (Å²) in [6.07, 6.45) is 4.54. The average Bonchev–Trinajstić information content (AvgIpc) is 3.43. The Balaban J connectivity index is 1.37. The zero-order chi connectivity index (χ0) is 22.1. The molecule has 3 aromatic heterocycles. The van der Waals surface area contributed by atoms with Crippen LogP contribution in [-0.4, -0.2) is 47.0 Å². The third-order valence-corrected chi connectivity index (χ3v) is 6.92. The van der Waals surface area contributed by atoms with Crippen molar-refractivity contribution >= 4 is 27.5 Å². The molecule has 1 fully saturated rings. The maximum Gasteiger partial charge on any atom is 0.270 e. The third-order valence-electron chi connectivity index (χ3n) is 5.94. The van der Waals surface area contributed by atoms with E-state index in [0.717, 1.165) is 59.4 Å². The molecule has 0 bridgehead atoms. The standard InChI is InChI=1S/C25H26N4O2S/c1-16-26-23(15-31-16)18-7-5-17(6-8-18)12-19-13-22(28-21-9-11-32-24(19)21)25(30)27-20-4-3-10-29(2)14-20/h5-9,11,13,15,20H,3-4,10,12,14H2,1-2H3,(H,27,30). The molecule has 1 atom stereocenters. The first-order chi connectivity index (χ1) is 15.5. The molecule has 0 spiro atoms. The summed E-state index contributed by atoms with van der Waals surface area (Å²) in [7, 11) is 2.10. The second kappa shape index (κ2) is 8.84. The quantitative estimate of drug-likeness (QED) is 0.482. The van der Waals surface area contributed by atoms with Crippen LogP contribution in [0.2, 0.25) is 0 Å². The molecule has 1 amide bonds. The second-order valence-electron chi connectivity index (χ2n) is 8.50. The van der Waals surface area contributed by atoms with E-state index in [-0.39, 0.29) is 11.9 Å². The van der Waals surface area contributed by atoms with Crippen molar-refractivity contribution in [1.82, 2.24) is 20.2 Å². The highest BCUT2D eigenvalue weighted by Crippen LogP contribution is 2.27. The number of amides is 1. The van der Waals surface area contributed by atoms with E-state index in [4.69, 9.17) is 4.42 Å². The average molecular weight is 447 g/mol. The first kappa shape index (κ1) is 20.8. The van der Waals surface area contributed by atoms with Crippen molar-refractivity contribution in [3.63, 3.8) is 0 Å². The van der Waals surface area contributed by atoms with Crippen molar-refractivity contribution in [3.05, 3.63) is 70.8 Å². The minimum atomic E-state index is -0.0867. The van der Waals surface area contributed by atoms with Crippen molar-refractivity contribution in [2.75, 3.05) is 20.1 Å². The Morgan fingerprint density at radius 2 is 2.09 bits per heavy atom. The van der Waals surface area contributed by atoms with Gasteiger partial charge in [0.1, 0.15) is 17.7 Å². The van der Waals surface area contributed by atoms with Crippen LogP contribution in [-0.2, 0) is 6.42 Å². The number of hydrogen-bond acceptors (Lipinski definition) is 6. The lowest BCUT2D eigenvalue weighted by atomic mass is 10.0. The zero-order valence-electron chi connectivity index (χ0n) is 18.3. The number of pyridine rings is 1. The van der Waals surface area contributed by atoms with Gasteiger partial charge in [-0.05, 0) is 61.5 Å². The Kier molecular flexibility index (Phi) is 5.76. The topological polar surface area (TPSA) is 71.3 Å². The minimum absolute atomic E-state index is 0.0867. The summed E-state index contributed by atoms with van der Waals surface area (Å²) in [6.45, 7) is 3.81. The van der Waals surface area contributed by atoms with Crippen LogP contribution in [0.3, 0.4) is 0 Å². The lowest BCUT2D eigenvalue weighted by molar-refractivity contribution is 0.0907. The number of aromatic nitrogens is 2. The Hall–Kier alpha value is -3.03. The zero-order valence-corrected chi connectivity index (χ0v) is 19.1. The van der Waals surface area contributed by atoms with E-state index in [1.807, 2.05) is 24.4 Å². The number of nitrogens with zero attached hydrogens (tertiary/aromatic N) is 3. The number of piperidine rings is 1. The Bertz CT molecular complexity index is 1240. The van der Waals surface area contributed by atoms with Gasteiger partial charge in [-0.3, -0.25) is 4.79 Å². The molecular weight excluding hydrogens is 420 g/mol. The van der Waals surface area contributed by atoms with E-state index in [0.29, 0.717) is 11.6 Å². The fraction of sp³-hybridized carbons (Fsp3) is 0.320. The van der Waals surface area contributed by atoms with Gasteiger partial charge in [0.25, 0.3) is 5.91 Å². The Morgan fingerprint density at radius 1 is 1.25 bits per heavy atom. The Labute approximate surface area is 191 Å². The molecule has 1 unspecified atom stereocenters. The normalized spacial score (nSPS) is 17.0. The number of thiophene rings is 1. The molecule has 4 heterocycles. The first-order valence-electron chi connectivity index (χ1n) is 10.9. The number of benzene rings is 1. The van der Waals surface area contributed by atoms with Crippen LogP contribution >= 0.6 is 11.3 Å². The number of carbonyl (C=O) groups excluding carboxylic acids is 1. The summed E-state index contributed by atoms with van der Waals surface area (Å²) >= 11 is 1.67. The number of oxazole rings is 1.